The molecule has 0 fully saturated rings. The molecule has 1 nitrogen and oxygen atoms in total. The summed E-state index contributed by atoms with van der Waals surface area (Å²) in [6, 6.07) is 0. The highest BCUT2D eigenvalue weighted by Crippen LogP contribution is 2.16. The van der Waals surface area contributed by atoms with E-state index >= 15 is 0 Å². The van der Waals surface area contributed by atoms with Crippen molar-refractivity contribution < 1.29 is 18.0 Å². The molecule has 4 heteroatoms. The summed E-state index contributed by atoms with van der Waals surface area (Å²) in [5.41, 5.74) is 0. The first-order valence-corrected chi connectivity index (χ1v) is 3.13. The molecule has 64 valence electrons. The second-order valence-electron chi connectivity index (χ2n) is 2.43. The van der Waals surface area contributed by atoms with Crippen molar-refractivity contribution >= 4 is 5.78 Å². The third kappa shape index (κ3) is 5.63. The molecular formula is C7H9F3O. The summed E-state index contributed by atoms with van der Waals surface area (Å²) in [6.45, 7) is 3.09. The largest absolute Gasteiger partial charge is 0.409 e. The summed E-state index contributed by atoms with van der Waals surface area (Å²) in [5, 5.41) is 0. The van der Waals surface area contributed by atoms with Crippen LogP contribution in [0.25, 0.3) is 0 Å². The van der Waals surface area contributed by atoms with Crippen LogP contribution in [-0.2, 0) is 4.79 Å². The van der Waals surface area contributed by atoms with Gasteiger partial charge in [0.2, 0.25) is 0 Å². The normalized spacial score (nSPS) is 12.9. The number of carbonyl (C=O) groups excluding carboxylic acids is 1. The SMILES string of the molecule is CC(C)C(=O)/C=C\C(F)(F)F. The molecule has 0 aliphatic heterocycles. The maximum absolute atomic E-state index is 11.4. The van der Waals surface area contributed by atoms with Crippen molar-refractivity contribution in [2.24, 2.45) is 5.92 Å². The van der Waals surface area contributed by atoms with Gasteiger partial charge < -0.3 is 0 Å². The lowest BCUT2D eigenvalue weighted by Gasteiger charge is -1.99. The monoisotopic (exact) mass is 166 g/mol. The van der Waals surface area contributed by atoms with Crippen LogP contribution >= 0.6 is 0 Å². The van der Waals surface area contributed by atoms with Crippen LogP contribution in [0.15, 0.2) is 12.2 Å². The quantitative estimate of drug-likeness (QED) is 0.575. The Morgan fingerprint density at radius 3 is 2.09 bits per heavy atom. The Morgan fingerprint density at radius 1 is 1.36 bits per heavy atom. The fourth-order valence-corrected chi connectivity index (χ4v) is 0.369. The Kier molecular flexibility index (Phi) is 3.29. The molecule has 0 rings (SSSR count). The van der Waals surface area contributed by atoms with Crippen LogP contribution in [0.3, 0.4) is 0 Å². The summed E-state index contributed by atoms with van der Waals surface area (Å²) in [5.74, 6) is -0.893. The molecular weight excluding hydrogens is 157 g/mol. The summed E-state index contributed by atoms with van der Waals surface area (Å²) < 4.78 is 34.3. The minimum absolute atomic E-state index is 0.0463. The Labute approximate surface area is 62.9 Å². The third-order valence-electron chi connectivity index (χ3n) is 1.01. The number of rotatable bonds is 2. The van der Waals surface area contributed by atoms with Crippen molar-refractivity contribution in [1.82, 2.24) is 0 Å². The van der Waals surface area contributed by atoms with E-state index in [1.165, 1.54) is 0 Å². The summed E-state index contributed by atoms with van der Waals surface area (Å²) in [6.07, 6.45) is -3.87. The maximum Gasteiger partial charge on any atom is 0.409 e. The molecule has 0 aromatic heterocycles. The lowest BCUT2D eigenvalue weighted by molar-refractivity contribution is -0.118. The van der Waals surface area contributed by atoms with Gasteiger partial charge in [-0.3, -0.25) is 4.79 Å². The molecule has 0 radical (unpaired) electrons. The molecule has 0 aromatic rings. The van der Waals surface area contributed by atoms with E-state index in [1.54, 1.807) is 13.8 Å². The zero-order valence-electron chi connectivity index (χ0n) is 6.27. The Hall–Kier alpha value is -0.800. The molecule has 0 atom stereocenters. The lowest BCUT2D eigenvalue weighted by Crippen LogP contribution is -2.07. The van der Waals surface area contributed by atoms with Gasteiger partial charge in [0, 0.05) is 12.0 Å². The highest BCUT2D eigenvalue weighted by Gasteiger charge is 2.22. The molecule has 0 saturated carbocycles. The zero-order valence-corrected chi connectivity index (χ0v) is 6.27. The van der Waals surface area contributed by atoms with Crippen LogP contribution in [0.5, 0.6) is 0 Å². The van der Waals surface area contributed by atoms with Gasteiger partial charge in [0.15, 0.2) is 5.78 Å². The van der Waals surface area contributed by atoms with E-state index in [1.807, 2.05) is 0 Å². The van der Waals surface area contributed by atoms with Crippen LogP contribution in [0.4, 0.5) is 13.2 Å². The van der Waals surface area contributed by atoms with E-state index in [0.29, 0.717) is 6.08 Å². The van der Waals surface area contributed by atoms with Gasteiger partial charge >= 0.3 is 6.18 Å². The van der Waals surface area contributed by atoms with Gasteiger partial charge in [0.25, 0.3) is 0 Å². The second kappa shape index (κ2) is 3.55. The third-order valence-corrected chi connectivity index (χ3v) is 1.01. The number of allylic oxidation sites excluding steroid dienone is 2. The van der Waals surface area contributed by atoms with Gasteiger partial charge in [-0.25, -0.2) is 0 Å². The number of hydrogen-bond donors (Lipinski definition) is 0. The highest BCUT2D eigenvalue weighted by atomic mass is 19.4. The summed E-state index contributed by atoms with van der Waals surface area (Å²) in [4.78, 5) is 10.6. The van der Waals surface area contributed by atoms with E-state index in [9.17, 15) is 18.0 Å². The number of carbonyl (C=O) groups is 1. The molecule has 0 aromatic carbocycles. The average Bonchev–Trinajstić information content (AvgIpc) is 1.80. The number of halogens is 3. The minimum atomic E-state index is -4.38. The molecule has 0 aliphatic rings. The van der Waals surface area contributed by atoms with Gasteiger partial charge in [-0.05, 0) is 6.08 Å². The van der Waals surface area contributed by atoms with E-state index in [0.717, 1.165) is 0 Å². The molecule has 0 aliphatic carbocycles. The number of ketones is 1. The molecule has 0 N–H and O–H groups in total. The van der Waals surface area contributed by atoms with Gasteiger partial charge in [0.05, 0.1) is 0 Å². The first-order valence-electron chi connectivity index (χ1n) is 3.13. The standard InChI is InChI=1S/C7H9F3O/c1-5(2)6(11)3-4-7(8,9)10/h3-5H,1-2H3/b4-3-. The van der Waals surface area contributed by atoms with Crippen molar-refractivity contribution in [2.75, 3.05) is 0 Å². The van der Waals surface area contributed by atoms with Crippen LogP contribution in [0.2, 0.25) is 0 Å². The smallest absolute Gasteiger partial charge is 0.295 e. The van der Waals surface area contributed by atoms with Gasteiger partial charge in [-0.1, -0.05) is 13.8 Å². The maximum atomic E-state index is 11.4. The number of hydrogen-bond acceptors (Lipinski definition) is 1. The average molecular weight is 166 g/mol. The van der Waals surface area contributed by atoms with Crippen LogP contribution < -0.4 is 0 Å². The molecule has 0 spiro atoms. The Morgan fingerprint density at radius 2 is 1.82 bits per heavy atom. The van der Waals surface area contributed by atoms with E-state index in [4.69, 9.17) is 0 Å². The Balaban J connectivity index is 4.05. The molecule has 0 saturated heterocycles. The van der Waals surface area contributed by atoms with Crippen molar-refractivity contribution in [3.63, 3.8) is 0 Å². The van der Waals surface area contributed by atoms with Crippen molar-refractivity contribution in [2.45, 2.75) is 20.0 Å². The zero-order chi connectivity index (χ0) is 9.07. The second-order valence-corrected chi connectivity index (χ2v) is 2.43. The highest BCUT2D eigenvalue weighted by molar-refractivity contribution is 5.91. The fraction of sp³-hybridized carbons (Fsp3) is 0.571. The first kappa shape index (κ1) is 10.2. The van der Waals surface area contributed by atoms with Gasteiger partial charge in [0.1, 0.15) is 0 Å². The Bertz CT molecular complexity index is 167. The van der Waals surface area contributed by atoms with E-state index in [-0.39, 0.29) is 12.0 Å². The topological polar surface area (TPSA) is 17.1 Å². The number of alkyl halides is 3. The molecule has 0 amide bonds. The fourth-order valence-electron chi connectivity index (χ4n) is 0.369. The molecule has 0 bridgehead atoms. The minimum Gasteiger partial charge on any atom is -0.295 e. The summed E-state index contributed by atoms with van der Waals surface area (Å²) in [7, 11) is 0. The molecule has 0 unspecified atom stereocenters. The van der Waals surface area contributed by atoms with Gasteiger partial charge in [-0.2, -0.15) is 13.2 Å². The van der Waals surface area contributed by atoms with Crippen LogP contribution in [0, 0.1) is 5.92 Å². The lowest BCUT2D eigenvalue weighted by atomic mass is 10.1. The predicted octanol–water partition coefficient (Wildman–Crippen LogP) is 2.33. The molecule has 0 heterocycles. The summed E-state index contributed by atoms with van der Waals surface area (Å²) >= 11 is 0. The van der Waals surface area contributed by atoms with Crippen LogP contribution in [-0.4, -0.2) is 12.0 Å². The molecule has 11 heavy (non-hydrogen) atoms. The van der Waals surface area contributed by atoms with Crippen molar-refractivity contribution in [3.05, 3.63) is 12.2 Å². The van der Waals surface area contributed by atoms with E-state index in [2.05, 4.69) is 0 Å². The van der Waals surface area contributed by atoms with Crippen LogP contribution in [0.1, 0.15) is 13.8 Å². The van der Waals surface area contributed by atoms with Crippen molar-refractivity contribution in [1.29, 1.82) is 0 Å². The predicted molar refractivity (Wildman–Crippen MR) is 35.0 cm³/mol. The first-order chi connectivity index (χ1) is 4.83. The van der Waals surface area contributed by atoms with Crippen molar-refractivity contribution in [3.8, 4) is 0 Å². The van der Waals surface area contributed by atoms with E-state index < -0.39 is 12.0 Å². The van der Waals surface area contributed by atoms with Gasteiger partial charge in [-0.15, -0.1) is 0 Å².